The van der Waals surface area contributed by atoms with Crippen LogP contribution in [0.1, 0.15) is 97.1 Å². The fourth-order valence-electron chi connectivity index (χ4n) is 6.70. The molecular weight excluding hydrogens is 644 g/mol. The first-order valence-corrected chi connectivity index (χ1v) is 19.1. The first-order chi connectivity index (χ1) is 24.8. The van der Waals surface area contributed by atoms with E-state index in [2.05, 4.69) is 53.9 Å². The molecule has 0 N–H and O–H groups in total. The minimum absolute atomic E-state index is 0.124. The molecule has 0 saturated carbocycles. The molecule has 2 aromatic carbocycles. The molecular formula is C43H62O8. The molecule has 0 amide bonds. The highest BCUT2D eigenvalue weighted by Crippen LogP contribution is 2.44. The monoisotopic (exact) mass is 706 g/mol. The van der Waals surface area contributed by atoms with Crippen LogP contribution in [0.5, 0.6) is 11.5 Å². The van der Waals surface area contributed by atoms with E-state index in [0.29, 0.717) is 37.9 Å². The van der Waals surface area contributed by atoms with Gasteiger partial charge in [-0.05, 0) is 44.4 Å². The lowest BCUT2D eigenvalue weighted by molar-refractivity contribution is -0.148. The Labute approximate surface area is 306 Å². The Morgan fingerprint density at radius 1 is 0.706 bits per heavy atom. The van der Waals surface area contributed by atoms with E-state index >= 15 is 0 Å². The summed E-state index contributed by atoms with van der Waals surface area (Å²) in [4.78, 5) is 24.6. The van der Waals surface area contributed by atoms with Crippen LogP contribution in [0, 0.1) is 11.8 Å². The van der Waals surface area contributed by atoms with Gasteiger partial charge in [0, 0.05) is 47.3 Å². The Bertz CT molecular complexity index is 1430. The molecule has 1 aliphatic rings. The topological polar surface area (TPSA) is 89.5 Å². The van der Waals surface area contributed by atoms with Gasteiger partial charge in [0.1, 0.15) is 24.7 Å². The van der Waals surface area contributed by atoms with Crippen LogP contribution in [-0.4, -0.2) is 63.8 Å². The minimum atomic E-state index is -0.609. The zero-order chi connectivity index (χ0) is 37.0. The molecule has 8 nitrogen and oxygen atoms in total. The van der Waals surface area contributed by atoms with Crippen LogP contribution in [0.15, 0.2) is 61.2 Å². The smallest absolute Gasteiger partial charge is 0.330 e. The lowest BCUT2D eigenvalue weighted by Gasteiger charge is -2.27. The highest BCUT2D eigenvalue weighted by Gasteiger charge is 2.26. The largest absolute Gasteiger partial charge is 0.489 e. The molecule has 3 rings (SSSR count). The van der Waals surface area contributed by atoms with Gasteiger partial charge in [0.25, 0.3) is 0 Å². The maximum atomic E-state index is 12.3. The Morgan fingerprint density at radius 2 is 1.18 bits per heavy atom. The standard InChI is InChI=1S/C43H62O8/c1-8-16-32(10-3)22-24-46-27-34(50-40(44)12-5)29-48-42-36-18-14-15-19-37(36)43(39-26-31(7)20-21-38(39)42)49-30-35(51-41(45)13-6)28-47-25-23-33(11-4)17-9-2/h12-15,18-20,32-35H,5-6,8-11,16-17,21-30H2,1-4,7H3. The van der Waals surface area contributed by atoms with Gasteiger partial charge in [0.2, 0.25) is 0 Å². The Hall–Kier alpha value is -3.62. The van der Waals surface area contributed by atoms with E-state index in [1.54, 1.807) is 0 Å². The van der Waals surface area contributed by atoms with E-state index in [1.165, 1.54) is 18.4 Å². The van der Waals surface area contributed by atoms with Crippen molar-refractivity contribution in [3.8, 4) is 11.5 Å². The SMILES string of the molecule is C=CC(=O)OC(COCCC(CC)CCC)COc1c2c(c(OCC(COCCC(CC)CCC)OC(=O)C=C)c3ccccc13)CC(C)=CC2. The summed E-state index contributed by atoms with van der Waals surface area (Å²) in [5, 5.41) is 1.77. The number of hydrogen-bond acceptors (Lipinski definition) is 8. The number of benzene rings is 2. The second-order valence-electron chi connectivity index (χ2n) is 13.6. The summed E-state index contributed by atoms with van der Waals surface area (Å²) in [6.45, 7) is 20.0. The Balaban J connectivity index is 1.83. The fraction of sp³-hybridized carbons (Fsp3) is 0.581. The van der Waals surface area contributed by atoms with Crippen molar-refractivity contribution >= 4 is 22.7 Å². The second-order valence-corrected chi connectivity index (χ2v) is 13.6. The third kappa shape index (κ3) is 13.5. The number of carbonyl (C=O) groups is 2. The Morgan fingerprint density at radius 3 is 1.61 bits per heavy atom. The number of allylic oxidation sites excluding steroid dienone is 2. The molecule has 0 aliphatic heterocycles. The third-order valence-corrected chi connectivity index (χ3v) is 9.66. The van der Waals surface area contributed by atoms with Crippen molar-refractivity contribution < 1.29 is 38.0 Å². The van der Waals surface area contributed by atoms with Crippen molar-refractivity contribution in [2.24, 2.45) is 11.8 Å². The molecule has 4 unspecified atom stereocenters. The van der Waals surface area contributed by atoms with Gasteiger partial charge in [-0.1, -0.05) is 115 Å². The molecule has 1 aliphatic carbocycles. The molecule has 0 fully saturated rings. The van der Waals surface area contributed by atoms with E-state index in [0.717, 1.165) is 84.1 Å². The summed E-state index contributed by atoms with van der Waals surface area (Å²) < 4.78 is 36.6. The van der Waals surface area contributed by atoms with Crippen molar-refractivity contribution in [2.45, 2.75) is 111 Å². The van der Waals surface area contributed by atoms with Crippen LogP contribution in [0.4, 0.5) is 0 Å². The van der Waals surface area contributed by atoms with Crippen LogP contribution in [0.3, 0.4) is 0 Å². The quantitative estimate of drug-likeness (QED) is 0.0414. The highest BCUT2D eigenvalue weighted by atomic mass is 16.6. The van der Waals surface area contributed by atoms with Gasteiger partial charge in [0.15, 0.2) is 12.2 Å². The molecule has 2 aromatic rings. The molecule has 0 bridgehead atoms. The van der Waals surface area contributed by atoms with E-state index in [4.69, 9.17) is 28.4 Å². The molecule has 0 heterocycles. The molecule has 4 atom stereocenters. The fourth-order valence-corrected chi connectivity index (χ4v) is 6.70. The molecule has 51 heavy (non-hydrogen) atoms. The average Bonchev–Trinajstić information content (AvgIpc) is 3.14. The summed E-state index contributed by atoms with van der Waals surface area (Å²) >= 11 is 0. The first-order valence-electron chi connectivity index (χ1n) is 19.1. The van der Waals surface area contributed by atoms with Crippen molar-refractivity contribution in [3.05, 3.63) is 72.4 Å². The number of hydrogen-bond donors (Lipinski definition) is 0. The molecule has 0 saturated heterocycles. The lowest BCUT2D eigenvalue weighted by Crippen LogP contribution is -2.30. The molecule has 8 heteroatoms. The van der Waals surface area contributed by atoms with Crippen molar-refractivity contribution in [1.82, 2.24) is 0 Å². The zero-order valence-corrected chi connectivity index (χ0v) is 31.8. The molecule has 282 valence electrons. The third-order valence-electron chi connectivity index (χ3n) is 9.66. The normalized spacial score (nSPS) is 14.8. The molecule has 0 aromatic heterocycles. The Kier molecular flexibility index (Phi) is 18.9. The van der Waals surface area contributed by atoms with Crippen molar-refractivity contribution in [3.63, 3.8) is 0 Å². The van der Waals surface area contributed by atoms with Crippen LogP contribution in [0.2, 0.25) is 0 Å². The number of ether oxygens (including phenoxy) is 6. The molecule has 0 radical (unpaired) electrons. The summed E-state index contributed by atoms with van der Waals surface area (Å²) in [6, 6.07) is 7.98. The highest BCUT2D eigenvalue weighted by molar-refractivity contribution is 5.96. The van der Waals surface area contributed by atoms with Gasteiger partial charge in [-0.25, -0.2) is 9.59 Å². The van der Waals surface area contributed by atoms with Gasteiger partial charge in [-0.2, -0.15) is 0 Å². The summed E-state index contributed by atoms with van der Waals surface area (Å²) in [7, 11) is 0. The first kappa shape index (κ1) is 41.8. The number of esters is 2. The van der Waals surface area contributed by atoms with E-state index in [9.17, 15) is 9.59 Å². The maximum Gasteiger partial charge on any atom is 0.330 e. The zero-order valence-electron chi connectivity index (χ0n) is 31.8. The van der Waals surface area contributed by atoms with Gasteiger partial charge >= 0.3 is 11.9 Å². The van der Waals surface area contributed by atoms with E-state index in [-0.39, 0.29) is 26.4 Å². The molecule has 0 spiro atoms. The predicted molar refractivity (Wildman–Crippen MR) is 205 cm³/mol. The predicted octanol–water partition coefficient (Wildman–Crippen LogP) is 9.30. The summed E-state index contributed by atoms with van der Waals surface area (Å²) in [6.07, 6.45) is 13.5. The van der Waals surface area contributed by atoms with Gasteiger partial charge in [0.05, 0.1) is 13.2 Å². The van der Waals surface area contributed by atoms with Crippen LogP contribution < -0.4 is 9.47 Å². The van der Waals surface area contributed by atoms with Crippen molar-refractivity contribution in [2.75, 3.05) is 39.6 Å². The minimum Gasteiger partial charge on any atom is -0.489 e. The van der Waals surface area contributed by atoms with Gasteiger partial charge in [-0.15, -0.1) is 0 Å². The van der Waals surface area contributed by atoms with Crippen LogP contribution in [0.25, 0.3) is 10.8 Å². The van der Waals surface area contributed by atoms with Gasteiger partial charge in [-0.3, -0.25) is 0 Å². The lowest BCUT2D eigenvalue weighted by atomic mass is 9.87. The number of carbonyl (C=O) groups excluding carboxylic acids is 2. The van der Waals surface area contributed by atoms with E-state index in [1.807, 2.05) is 24.3 Å². The van der Waals surface area contributed by atoms with Gasteiger partial charge < -0.3 is 28.4 Å². The summed E-state index contributed by atoms with van der Waals surface area (Å²) in [5.41, 5.74) is 3.27. The average molecular weight is 707 g/mol. The number of rotatable bonds is 26. The van der Waals surface area contributed by atoms with Crippen LogP contribution >= 0.6 is 0 Å². The second kappa shape index (κ2) is 23.0. The maximum absolute atomic E-state index is 12.3. The van der Waals surface area contributed by atoms with E-state index < -0.39 is 24.1 Å². The van der Waals surface area contributed by atoms with Crippen LogP contribution in [-0.2, 0) is 41.4 Å². The van der Waals surface area contributed by atoms with Crippen molar-refractivity contribution in [1.29, 1.82) is 0 Å². The number of fused-ring (bicyclic) bond motifs is 2. The summed E-state index contributed by atoms with van der Waals surface area (Å²) in [5.74, 6) is 1.69.